The molecule has 124 valence electrons. The van der Waals surface area contributed by atoms with E-state index in [-0.39, 0.29) is 17.5 Å². The number of fused-ring (bicyclic) bond motifs is 1. The van der Waals surface area contributed by atoms with E-state index < -0.39 is 17.8 Å². The van der Waals surface area contributed by atoms with Crippen molar-refractivity contribution in [2.75, 3.05) is 16.8 Å². The van der Waals surface area contributed by atoms with E-state index >= 15 is 0 Å². The van der Waals surface area contributed by atoms with Crippen molar-refractivity contribution in [2.24, 2.45) is 0 Å². The van der Waals surface area contributed by atoms with Gasteiger partial charge in [-0.05, 0) is 30.3 Å². The Morgan fingerprint density at radius 2 is 2.04 bits per heavy atom. The second-order valence-electron chi connectivity index (χ2n) is 5.32. The van der Waals surface area contributed by atoms with Gasteiger partial charge in [0.1, 0.15) is 11.6 Å². The zero-order valence-electron chi connectivity index (χ0n) is 12.8. The number of para-hydroxylation sites is 2. The number of hydrogen-bond donors (Lipinski definition) is 1. The molecular weight excluding hydrogens is 335 g/mol. The van der Waals surface area contributed by atoms with Gasteiger partial charge >= 0.3 is 0 Å². The number of carbonyl (C=O) groups excluding carboxylic acids is 2. The second-order valence-corrected chi connectivity index (χ2v) is 5.73. The van der Waals surface area contributed by atoms with Crippen molar-refractivity contribution in [1.82, 2.24) is 0 Å². The lowest BCUT2D eigenvalue weighted by molar-refractivity contribution is -0.123. The predicted molar refractivity (Wildman–Crippen MR) is 88.9 cm³/mol. The van der Waals surface area contributed by atoms with Crippen LogP contribution in [-0.2, 0) is 9.59 Å². The van der Waals surface area contributed by atoms with Gasteiger partial charge in [0.05, 0.1) is 17.3 Å². The molecule has 0 fully saturated rings. The summed E-state index contributed by atoms with van der Waals surface area (Å²) < 4.78 is 18.9. The number of anilines is 2. The number of rotatable bonds is 2. The molecule has 1 heterocycles. The molecule has 7 heteroatoms. The first kappa shape index (κ1) is 16.3. The molecular formula is C17H14ClFN2O3. The number of hydrogen-bond acceptors (Lipinski definition) is 3. The lowest BCUT2D eigenvalue weighted by Gasteiger charge is -2.33. The van der Waals surface area contributed by atoms with E-state index in [9.17, 15) is 14.0 Å². The summed E-state index contributed by atoms with van der Waals surface area (Å²) in [5, 5.41) is 2.53. The van der Waals surface area contributed by atoms with E-state index in [2.05, 4.69) is 5.32 Å². The molecule has 5 nitrogen and oxygen atoms in total. The van der Waals surface area contributed by atoms with Crippen molar-refractivity contribution in [1.29, 1.82) is 0 Å². The summed E-state index contributed by atoms with van der Waals surface area (Å²) in [5.41, 5.74) is 0.974. The Bertz CT molecular complexity index is 812. The lowest BCUT2D eigenvalue weighted by Crippen LogP contribution is -2.48. The first-order chi connectivity index (χ1) is 11.5. The highest BCUT2D eigenvalue weighted by Crippen LogP contribution is 2.33. The van der Waals surface area contributed by atoms with E-state index in [1.807, 2.05) is 0 Å². The number of halogens is 2. The second kappa shape index (κ2) is 6.49. The first-order valence-corrected chi connectivity index (χ1v) is 7.63. The quantitative estimate of drug-likeness (QED) is 0.906. The third-order valence-corrected chi connectivity index (χ3v) is 3.92. The molecule has 1 aliphatic heterocycles. The average Bonchev–Trinajstić information content (AvgIpc) is 2.57. The van der Waals surface area contributed by atoms with E-state index in [4.69, 9.17) is 16.3 Å². The molecule has 1 atom stereocenters. The SMILES string of the molecule is CC(=O)N1C[C@@H](C(=O)Nc2ccc(F)c(Cl)c2)Oc2ccccc21. The molecule has 2 aromatic rings. The molecule has 1 aliphatic rings. The zero-order chi connectivity index (χ0) is 17.3. The van der Waals surface area contributed by atoms with Crippen LogP contribution in [0.15, 0.2) is 42.5 Å². The summed E-state index contributed by atoms with van der Waals surface area (Å²) >= 11 is 5.70. The fourth-order valence-corrected chi connectivity index (χ4v) is 2.65. The van der Waals surface area contributed by atoms with Crippen LogP contribution in [0.5, 0.6) is 5.75 Å². The number of benzene rings is 2. The van der Waals surface area contributed by atoms with Crippen molar-refractivity contribution in [2.45, 2.75) is 13.0 Å². The maximum Gasteiger partial charge on any atom is 0.267 e. The van der Waals surface area contributed by atoms with Crippen molar-refractivity contribution >= 4 is 34.8 Å². The molecule has 0 saturated carbocycles. The van der Waals surface area contributed by atoms with Crippen LogP contribution in [0.3, 0.4) is 0 Å². The summed E-state index contributed by atoms with van der Waals surface area (Å²) in [4.78, 5) is 25.8. The van der Waals surface area contributed by atoms with Gasteiger partial charge in [-0.3, -0.25) is 9.59 Å². The van der Waals surface area contributed by atoms with E-state index in [0.29, 0.717) is 17.1 Å². The maximum atomic E-state index is 13.2. The van der Waals surface area contributed by atoms with Gasteiger partial charge in [0.2, 0.25) is 5.91 Å². The molecule has 1 N–H and O–H groups in total. The molecule has 2 amide bonds. The summed E-state index contributed by atoms with van der Waals surface area (Å²) in [7, 11) is 0. The Morgan fingerprint density at radius 3 is 2.75 bits per heavy atom. The smallest absolute Gasteiger partial charge is 0.267 e. The van der Waals surface area contributed by atoms with Crippen LogP contribution in [0.25, 0.3) is 0 Å². The Kier molecular flexibility index (Phi) is 4.40. The zero-order valence-corrected chi connectivity index (χ0v) is 13.5. The van der Waals surface area contributed by atoms with Gasteiger partial charge in [-0.2, -0.15) is 0 Å². The highest BCUT2D eigenvalue weighted by molar-refractivity contribution is 6.31. The van der Waals surface area contributed by atoms with Crippen molar-refractivity contribution < 1.29 is 18.7 Å². The van der Waals surface area contributed by atoms with Crippen LogP contribution in [0.4, 0.5) is 15.8 Å². The highest BCUT2D eigenvalue weighted by Gasteiger charge is 2.32. The Labute approximate surface area is 143 Å². The topological polar surface area (TPSA) is 58.6 Å². The van der Waals surface area contributed by atoms with Gasteiger partial charge in [0.25, 0.3) is 5.91 Å². The molecule has 2 aromatic carbocycles. The third-order valence-electron chi connectivity index (χ3n) is 3.63. The number of carbonyl (C=O) groups is 2. The molecule has 0 bridgehead atoms. The van der Waals surface area contributed by atoms with E-state index in [1.165, 1.54) is 24.0 Å². The van der Waals surface area contributed by atoms with E-state index in [0.717, 1.165) is 6.07 Å². The summed E-state index contributed by atoms with van der Waals surface area (Å²) in [6, 6.07) is 10.9. The van der Waals surface area contributed by atoms with Crippen LogP contribution in [0.2, 0.25) is 5.02 Å². The largest absolute Gasteiger partial charge is 0.476 e. The van der Waals surface area contributed by atoms with Gasteiger partial charge in [0, 0.05) is 12.6 Å². The Morgan fingerprint density at radius 1 is 1.29 bits per heavy atom. The van der Waals surface area contributed by atoms with Gasteiger partial charge in [-0.1, -0.05) is 23.7 Å². The molecule has 0 spiro atoms. The number of ether oxygens (including phenoxy) is 1. The van der Waals surface area contributed by atoms with Crippen LogP contribution in [0, 0.1) is 5.82 Å². The Hall–Kier alpha value is -2.60. The first-order valence-electron chi connectivity index (χ1n) is 7.25. The van der Waals surface area contributed by atoms with Gasteiger partial charge in [-0.25, -0.2) is 4.39 Å². The third kappa shape index (κ3) is 3.19. The van der Waals surface area contributed by atoms with Gasteiger partial charge < -0.3 is 15.0 Å². The molecule has 0 aliphatic carbocycles. The fraction of sp³-hybridized carbons (Fsp3) is 0.176. The monoisotopic (exact) mass is 348 g/mol. The Balaban J connectivity index is 1.81. The number of nitrogens with one attached hydrogen (secondary N) is 1. The molecule has 0 aromatic heterocycles. The maximum absolute atomic E-state index is 13.2. The molecule has 24 heavy (non-hydrogen) atoms. The number of nitrogens with zero attached hydrogens (tertiary/aromatic N) is 1. The normalized spacial score (nSPS) is 16.1. The van der Waals surface area contributed by atoms with Gasteiger partial charge in [-0.15, -0.1) is 0 Å². The van der Waals surface area contributed by atoms with Crippen LogP contribution >= 0.6 is 11.6 Å². The van der Waals surface area contributed by atoms with Crippen molar-refractivity contribution in [3.8, 4) is 5.75 Å². The molecule has 3 rings (SSSR count). The summed E-state index contributed by atoms with van der Waals surface area (Å²) in [6.07, 6.45) is -0.882. The summed E-state index contributed by atoms with van der Waals surface area (Å²) in [5.74, 6) is -0.747. The minimum Gasteiger partial charge on any atom is -0.476 e. The minimum absolute atomic E-state index is 0.0897. The summed E-state index contributed by atoms with van der Waals surface area (Å²) in [6.45, 7) is 1.52. The number of amides is 2. The molecule has 0 saturated heterocycles. The van der Waals surface area contributed by atoms with Crippen LogP contribution < -0.4 is 15.0 Å². The average molecular weight is 349 g/mol. The standard InChI is InChI=1S/C17H14ClFN2O3/c1-10(22)21-9-16(24-15-5-3-2-4-14(15)21)17(23)20-11-6-7-13(19)12(18)8-11/h2-8,16H,9H2,1H3,(H,20,23)/t16-/m0/s1. The van der Waals surface area contributed by atoms with Crippen molar-refractivity contribution in [3.63, 3.8) is 0 Å². The van der Waals surface area contributed by atoms with E-state index in [1.54, 1.807) is 24.3 Å². The van der Waals surface area contributed by atoms with Crippen LogP contribution in [-0.4, -0.2) is 24.5 Å². The van der Waals surface area contributed by atoms with Crippen molar-refractivity contribution in [3.05, 3.63) is 53.3 Å². The van der Waals surface area contributed by atoms with Gasteiger partial charge in [0.15, 0.2) is 6.10 Å². The predicted octanol–water partition coefficient (Wildman–Crippen LogP) is 3.23. The highest BCUT2D eigenvalue weighted by atomic mass is 35.5. The lowest BCUT2D eigenvalue weighted by atomic mass is 10.1. The molecule has 0 radical (unpaired) electrons. The molecule has 0 unspecified atom stereocenters. The van der Waals surface area contributed by atoms with Crippen LogP contribution in [0.1, 0.15) is 6.92 Å². The fourth-order valence-electron chi connectivity index (χ4n) is 2.47. The minimum atomic E-state index is -0.882.